The zero-order valence-corrected chi connectivity index (χ0v) is 20.3. The molecule has 0 aliphatic heterocycles. The molecule has 1 rings (SSSR count). The van der Waals surface area contributed by atoms with E-state index in [1.807, 2.05) is 0 Å². The van der Waals surface area contributed by atoms with Crippen LogP contribution in [0.4, 0.5) is 0 Å². The predicted molar refractivity (Wildman–Crippen MR) is 129 cm³/mol. The highest BCUT2D eigenvalue weighted by molar-refractivity contribution is 5.96. The summed E-state index contributed by atoms with van der Waals surface area (Å²) in [7, 11) is 0. The van der Waals surface area contributed by atoms with Crippen LogP contribution in [0.5, 0.6) is 0 Å². The molecule has 0 aliphatic carbocycles. The van der Waals surface area contributed by atoms with Gasteiger partial charge >= 0.3 is 17.9 Å². The van der Waals surface area contributed by atoms with E-state index in [1.165, 1.54) is 0 Å². The van der Waals surface area contributed by atoms with E-state index in [1.54, 1.807) is 30.3 Å². The van der Waals surface area contributed by atoms with E-state index in [9.17, 15) is 38.7 Å². The van der Waals surface area contributed by atoms with Gasteiger partial charge in [0, 0.05) is 19.3 Å². The zero-order valence-electron chi connectivity index (χ0n) is 20.3. The molecule has 0 spiro atoms. The van der Waals surface area contributed by atoms with Crippen molar-refractivity contribution in [1.82, 2.24) is 16.0 Å². The average Bonchev–Trinajstić information content (AvgIpc) is 2.83. The number of rotatable bonds is 17. The number of carbonyl (C=O) groups excluding carboxylic acids is 4. The molecule has 38 heavy (non-hydrogen) atoms. The Hall–Kier alpha value is -4.53. The molecule has 4 atom stereocenters. The summed E-state index contributed by atoms with van der Waals surface area (Å²) >= 11 is 0. The van der Waals surface area contributed by atoms with Crippen molar-refractivity contribution in [3.8, 4) is 0 Å². The first-order chi connectivity index (χ1) is 17.8. The Morgan fingerprint density at radius 2 is 1.26 bits per heavy atom. The van der Waals surface area contributed by atoms with Crippen LogP contribution in [-0.2, 0) is 40.0 Å². The van der Waals surface area contributed by atoms with Gasteiger partial charge in [-0.15, -0.1) is 0 Å². The molecule has 15 nitrogen and oxygen atoms in total. The highest BCUT2D eigenvalue weighted by Crippen LogP contribution is 2.07. The Morgan fingerprint density at radius 1 is 0.711 bits per heavy atom. The maximum Gasteiger partial charge on any atom is 0.326 e. The SMILES string of the molecule is NC(=O)CCC(N)C(=O)NC(CC(=O)O)C(=O)NC(CCC(=O)O)C(=O)NC(Cc1ccccc1)C(=O)O. The maximum atomic E-state index is 12.9. The summed E-state index contributed by atoms with van der Waals surface area (Å²) < 4.78 is 0. The van der Waals surface area contributed by atoms with Crippen LogP contribution in [0.3, 0.4) is 0 Å². The van der Waals surface area contributed by atoms with Gasteiger partial charge in [-0.2, -0.15) is 0 Å². The first kappa shape index (κ1) is 31.5. The van der Waals surface area contributed by atoms with E-state index in [0.717, 1.165) is 0 Å². The Balaban J connectivity index is 3.03. The number of nitrogens with two attached hydrogens (primary N) is 2. The van der Waals surface area contributed by atoms with E-state index >= 15 is 0 Å². The first-order valence-electron chi connectivity index (χ1n) is 11.5. The highest BCUT2D eigenvalue weighted by Gasteiger charge is 2.31. The Labute approximate surface area is 216 Å². The van der Waals surface area contributed by atoms with Crippen molar-refractivity contribution in [3.63, 3.8) is 0 Å². The van der Waals surface area contributed by atoms with Crippen molar-refractivity contribution in [2.24, 2.45) is 11.5 Å². The molecule has 1 aromatic rings. The van der Waals surface area contributed by atoms with Crippen LogP contribution in [0.2, 0.25) is 0 Å². The fourth-order valence-corrected chi connectivity index (χ4v) is 3.22. The summed E-state index contributed by atoms with van der Waals surface area (Å²) in [5, 5.41) is 34.3. The molecule has 0 radical (unpaired) electrons. The summed E-state index contributed by atoms with van der Waals surface area (Å²) in [6.45, 7) is 0. The first-order valence-corrected chi connectivity index (χ1v) is 11.5. The van der Waals surface area contributed by atoms with Crippen LogP contribution in [0.15, 0.2) is 30.3 Å². The molecule has 4 amide bonds. The number of hydrogen-bond acceptors (Lipinski definition) is 8. The number of benzene rings is 1. The molecule has 208 valence electrons. The average molecular weight is 538 g/mol. The molecule has 0 saturated carbocycles. The standard InChI is InChI=1S/C23H31N5O10/c24-13(6-8-17(25)29)20(34)27-15(11-19(32)33)22(36)26-14(7-9-18(30)31)21(35)28-16(23(37)38)10-12-4-2-1-3-5-12/h1-5,13-16H,6-11,24H2,(H2,25,29)(H,26,36)(H,27,34)(H,28,35)(H,30,31)(H,32,33)(H,37,38). The minimum Gasteiger partial charge on any atom is -0.481 e. The molecule has 0 heterocycles. The molecule has 0 bridgehead atoms. The lowest BCUT2D eigenvalue weighted by molar-refractivity contribution is -0.143. The lowest BCUT2D eigenvalue weighted by Gasteiger charge is -2.24. The molecule has 0 fully saturated rings. The summed E-state index contributed by atoms with van der Waals surface area (Å²) in [4.78, 5) is 82.9. The summed E-state index contributed by atoms with van der Waals surface area (Å²) in [6.07, 6.45) is -2.50. The van der Waals surface area contributed by atoms with Gasteiger partial charge in [0.15, 0.2) is 0 Å². The van der Waals surface area contributed by atoms with Crippen LogP contribution in [0, 0.1) is 0 Å². The van der Waals surface area contributed by atoms with Gasteiger partial charge in [0.05, 0.1) is 12.5 Å². The highest BCUT2D eigenvalue weighted by atomic mass is 16.4. The van der Waals surface area contributed by atoms with E-state index in [4.69, 9.17) is 21.7 Å². The second kappa shape index (κ2) is 15.6. The van der Waals surface area contributed by atoms with Gasteiger partial charge in [-0.25, -0.2) is 4.79 Å². The lowest BCUT2D eigenvalue weighted by atomic mass is 10.0. The van der Waals surface area contributed by atoms with Crippen LogP contribution in [-0.4, -0.2) is 81.0 Å². The Morgan fingerprint density at radius 3 is 1.79 bits per heavy atom. The molecule has 0 aliphatic rings. The number of nitrogens with one attached hydrogen (secondary N) is 3. The third kappa shape index (κ3) is 11.9. The van der Waals surface area contributed by atoms with Crippen molar-refractivity contribution >= 4 is 41.5 Å². The van der Waals surface area contributed by atoms with Gasteiger partial charge < -0.3 is 42.7 Å². The van der Waals surface area contributed by atoms with Crippen molar-refractivity contribution in [3.05, 3.63) is 35.9 Å². The number of carboxylic acids is 3. The third-order valence-electron chi connectivity index (χ3n) is 5.23. The normalized spacial score (nSPS) is 13.7. The number of aliphatic carboxylic acids is 3. The number of primary amides is 1. The lowest BCUT2D eigenvalue weighted by Crippen LogP contribution is -2.57. The minimum atomic E-state index is -1.72. The third-order valence-corrected chi connectivity index (χ3v) is 5.23. The van der Waals surface area contributed by atoms with Crippen LogP contribution >= 0.6 is 0 Å². The number of carboxylic acid groups (broad SMARTS) is 3. The monoisotopic (exact) mass is 537 g/mol. The smallest absolute Gasteiger partial charge is 0.326 e. The second-order valence-corrected chi connectivity index (χ2v) is 8.35. The Kier molecular flexibility index (Phi) is 12.9. The maximum absolute atomic E-state index is 12.9. The van der Waals surface area contributed by atoms with Crippen molar-refractivity contribution in [2.45, 2.75) is 62.7 Å². The van der Waals surface area contributed by atoms with Crippen molar-refractivity contribution in [1.29, 1.82) is 0 Å². The van der Waals surface area contributed by atoms with E-state index < -0.39 is 85.0 Å². The van der Waals surface area contributed by atoms with E-state index in [0.29, 0.717) is 5.56 Å². The summed E-state index contributed by atoms with van der Waals surface area (Å²) in [6, 6.07) is 2.31. The molecule has 0 aromatic heterocycles. The molecule has 4 unspecified atom stereocenters. The Bertz CT molecular complexity index is 1030. The summed E-state index contributed by atoms with van der Waals surface area (Å²) in [5.41, 5.74) is 11.2. The second-order valence-electron chi connectivity index (χ2n) is 8.35. The minimum absolute atomic E-state index is 0.109. The van der Waals surface area contributed by atoms with Gasteiger partial charge in [0.2, 0.25) is 23.6 Å². The van der Waals surface area contributed by atoms with Gasteiger partial charge in [0.25, 0.3) is 0 Å². The fraction of sp³-hybridized carbons (Fsp3) is 0.435. The topological polar surface area (TPSA) is 268 Å². The molecule has 0 saturated heterocycles. The molecule has 1 aromatic carbocycles. The van der Waals surface area contributed by atoms with E-state index in [2.05, 4.69) is 16.0 Å². The molecule has 15 heteroatoms. The largest absolute Gasteiger partial charge is 0.481 e. The van der Waals surface area contributed by atoms with Crippen LogP contribution in [0.25, 0.3) is 0 Å². The molecular formula is C23H31N5O10. The zero-order chi connectivity index (χ0) is 28.8. The number of amides is 4. The van der Waals surface area contributed by atoms with Gasteiger partial charge in [-0.05, 0) is 18.4 Å². The van der Waals surface area contributed by atoms with Gasteiger partial charge in [-0.1, -0.05) is 30.3 Å². The molecular weight excluding hydrogens is 506 g/mol. The van der Waals surface area contributed by atoms with Crippen LogP contribution in [0.1, 0.15) is 37.7 Å². The van der Waals surface area contributed by atoms with E-state index in [-0.39, 0.29) is 19.3 Å². The predicted octanol–water partition coefficient (Wildman–Crippen LogP) is -2.30. The number of carbonyl (C=O) groups is 7. The number of hydrogen-bond donors (Lipinski definition) is 8. The quantitative estimate of drug-likeness (QED) is 0.105. The summed E-state index contributed by atoms with van der Waals surface area (Å²) in [5.74, 6) is -8.06. The van der Waals surface area contributed by atoms with Crippen LogP contribution < -0.4 is 27.4 Å². The fourth-order valence-electron chi connectivity index (χ4n) is 3.22. The van der Waals surface area contributed by atoms with Gasteiger partial charge in [0.1, 0.15) is 18.1 Å². The molecule has 10 N–H and O–H groups in total. The van der Waals surface area contributed by atoms with Crippen molar-refractivity contribution in [2.75, 3.05) is 0 Å². The van der Waals surface area contributed by atoms with Crippen molar-refractivity contribution < 1.29 is 48.9 Å². The van der Waals surface area contributed by atoms with Gasteiger partial charge in [-0.3, -0.25) is 28.8 Å².